The van der Waals surface area contributed by atoms with Crippen molar-refractivity contribution in [2.45, 2.75) is 18.7 Å². The molecule has 1 aromatic carbocycles. The number of allylic oxidation sites excluding steroid dienone is 1. The Balaban J connectivity index is 3.44. The number of carbonyl (C=O) groups is 1. The molecule has 0 atom stereocenters. The van der Waals surface area contributed by atoms with Crippen molar-refractivity contribution in [3.05, 3.63) is 41.2 Å². The number of halogens is 1. The highest BCUT2D eigenvalue weighted by Crippen LogP contribution is 2.22. The second-order valence-electron chi connectivity index (χ2n) is 3.74. The maximum Gasteiger partial charge on any atom is 0.335 e. The zero-order valence-corrected chi connectivity index (χ0v) is 10.8. The SMILES string of the molecule is C/C=C/CS(=O)(=O)c1cc(C(=O)O)cc(F)c1C. The Bertz CT molecular complexity index is 603. The van der Waals surface area contributed by atoms with Gasteiger partial charge in [0.25, 0.3) is 0 Å². The Morgan fingerprint density at radius 2 is 2.06 bits per heavy atom. The first-order valence-electron chi connectivity index (χ1n) is 5.17. The maximum atomic E-state index is 13.5. The van der Waals surface area contributed by atoms with Crippen LogP contribution in [0.1, 0.15) is 22.8 Å². The van der Waals surface area contributed by atoms with Gasteiger partial charge in [-0.25, -0.2) is 17.6 Å². The van der Waals surface area contributed by atoms with Gasteiger partial charge in [0.15, 0.2) is 9.84 Å². The molecule has 0 spiro atoms. The molecule has 0 saturated heterocycles. The summed E-state index contributed by atoms with van der Waals surface area (Å²) in [5.74, 6) is -2.49. The molecule has 0 fully saturated rings. The van der Waals surface area contributed by atoms with Crippen LogP contribution in [0.3, 0.4) is 0 Å². The van der Waals surface area contributed by atoms with Gasteiger partial charge in [0.05, 0.1) is 16.2 Å². The van der Waals surface area contributed by atoms with E-state index in [9.17, 15) is 17.6 Å². The van der Waals surface area contributed by atoms with Crippen LogP contribution >= 0.6 is 0 Å². The molecule has 0 aliphatic heterocycles. The molecule has 0 aliphatic rings. The Hall–Kier alpha value is -1.69. The fraction of sp³-hybridized carbons (Fsp3) is 0.250. The van der Waals surface area contributed by atoms with Crippen LogP contribution in [0.2, 0.25) is 0 Å². The molecule has 1 aromatic rings. The van der Waals surface area contributed by atoms with Crippen molar-refractivity contribution < 1.29 is 22.7 Å². The number of carboxylic acid groups (broad SMARTS) is 1. The lowest BCUT2D eigenvalue weighted by Crippen LogP contribution is -2.10. The zero-order valence-electron chi connectivity index (χ0n) is 9.97. The minimum absolute atomic E-state index is 0.0653. The van der Waals surface area contributed by atoms with Gasteiger partial charge in [-0.2, -0.15) is 0 Å². The van der Waals surface area contributed by atoms with Gasteiger partial charge in [-0.1, -0.05) is 12.2 Å². The summed E-state index contributed by atoms with van der Waals surface area (Å²) in [5.41, 5.74) is -0.443. The van der Waals surface area contributed by atoms with E-state index in [4.69, 9.17) is 5.11 Å². The largest absolute Gasteiger partial charge is 0.478 e. The number of rotatable bonds is 4. The first-order valence-corrected chi connectivity index (χ1v) is 6.82. The van der Waals surface area contributed by atoms with Gasteiger partial charge in [-0.15, -0.1) is 0 Å². The van der Waals surface area contributed by atoms with E-state index >= 15 is 0 Å². The highest BCUT2D eigenvalue weighted by molar-refractivity contribution is 7.91. The molecule has 0 unspecified atom stereocenters. The van der Waals surface area contributed by atoms with Crippen molar-refractivity contribution in [1.82, 2.24) is 0 Å². The predicted octanol–water partition coefficient (Wildman–Crippen LogP) is 2.18. The van der Waals surface area contributed by atoms with Crippen LogP contribution in [-0.4, -0.2) is 25.2 Å². The lowest BCUT2D eigenvalue weighted by molar-refractivity contribution is 0.0696. The third-order valence-corrected chi connectivity index (χ3v) is 4.16. The van der Waals surface area contributed by atoms with Crippen molar-refractivity contribution in [2.75, 3.05) is 5.75 Å². The molecule has 0 saturated carbocycles. The summed E-state index contributed by atoms with van der Waals surface area (Å²) >= 11 is 0. The average molecular weight is 272 g/mol. The Labute approximate surface area is 105 Å². The van der Waals surface area contributed by atoms with Crippen LogP contribution in [0.15, 0.2) is 29.2 Å². The minimum Gasteiger partial charge on any atom is -0.478 e. The maximum absolute atomic E-state index is 13.5. The van der Waals surface area contributed by atoms with Crippen molar-refractivity contribution >= 4 is 15.8 Å². The Morgan fingerprint density at radius 1 is 1.44 bits per heavy atom. The molecule has 18 heavy (non-hydrogen) atoms. The molecule has 1 rings (SSSR count). The van der Waals surface area contributed by atoms with Crippen molar-refractivity contribution in [1.29, 1.82) is 0 Å². The van der Waals surface area contributed by atoms with E-state index in [0.717, 1.165) is 12.1 Å². The average Bonchev–Trinajstić information content (AvgIpc) is 2.29. The van der Waals surface area contributed by atoms with Crippen LogP contribution in [0.5, 0.6) is 0 Å². The minimum atomic E-state index is -3.72. The zero-order chi connectivity index (χ0) is 13.9. The molecule has 1 N–H and O–H groups in total. The van der Waals surface area contributed by atoms with E-state index in [1.807, 2.05) is 0 Å². The van der Waals surface area contributed by atoms with Gasteiger partial charge in [0.1, 0.15) is 5.82 Å². The van der Waals surface area contributed by atoms with Crippen LogP contribution in [0, 0.1) is 12.7 Å². The van der Waals surface area contributed by atoms with Gasteiger partial charge in [-0.05, 0) is 26.0 Å². The Morgan fingerprint density at radius 3 is 2.56 bits per heavy atom. The molecular formula is C12H13FO4S. The van der Waals surface area contributed by atoms with Gasteiger partial charge >= 0.3 is 5.97 Å². The molecule has 6 heteroatoms. The number of benzene rings is 1. The van der Waals surface area contributed by atoms with Crippen LogP contribution in [-0.2, 0) is 9.84 Å². The fourth-order valence-electron chi connectivity index (χ4n) is 1.41. The van der Waals surface area contributed by atoms with E-state index in [1.54, 1.807) is 13.0 Å². The summed E-state index contributed by atoms with van der Waals surface area (Å²) < 4.78 is 37.4. The number of sulfone groups is 1. The summed E-state index contributed by atoms with van der Waals surface area (Å²) in [4.78, 5) is 10.5. The number of aromatic carboxylic acids is 1. The lowest BCUT2D eigenvalue weighted by atomic mass is 10.1. The standard InChI is InChI=1S/C12H13FO4S/c1-3-4-5-18(16,17)11-7-9(12(14)15)6-10(13)8(11)2/h3-4,6-7H,5H2,1-2H3,(H,14,15)/b4-3+. The summed E-state index contributed by atoms with van der Waals surface area (Å²) in [5, 5.41) is 8.79. The summed E-state index contributed by atoms with van der Waals surface area (Å²) in [6.45, 7) is 2.97. The molecule has 98 valence electrons. The van der Waals surface area contributed by atoms with Crippen LogP contribution in [0.25, 0.3) is 0 Å². The molecular weight excluding hydrogens is 259 g/mol. The number of hydrogen-bond acceptors (Lipinski definition) is 3. The second-order valence-corrected chi connectivity index (χ2v) is 5.74. The summed E-state index contributed by atoms with van der Waals surface area (Å²) in [6, 6.07) is 1.80. The van der Waals surface area contributed by atoms with Crippen molar-refractivity contribution in [2.24, 2.45) is 0 Å². The van der Waals surface area contributed by atoms with Gasteiger partial charge < -0.3 is 5.11 Å². The van der Waals surface area contributed by atoms with Crippen molar-refractivity contribution in [3.63, 3.8) is 0 Å². The topological polar surface area (TPSA) is 71.4 Å². The molecule has 0 aliphatic carbocycles. The Kier molecular flexibility index (Phi) is 4.24. The molecule has 0 radical (unpaired) electrons. The summed E-state index contributed by atoms with van der Waals surface area (Å²) in [7, 11) is -3.72. The number of hydrogen-bond donors (Lipinski definition) is 1. The first kappa shape index (κ1) is 14.4. The third-order valence-electron chi connectivity index (χ3n) is 2.43. The monoisotopic (exact) mass is 272 g/mol. The number of carboxylic acids is 1. The second kappa shape index (κ2) is 5.30. The summed E-state index contributed by atoms with van der Waals surface area (Å²) in [6.07, 6.45) is 2.98. The van der Waals surface area contributed by atoms with Gasteiger partial charge in [0, 0.05) is 5.56 Å². The predicted molar refractivity (Wildman–Crippen MR) is 65.0 cm³/mol. The highest BCUT2D eigenvalue weighted by atomic mass is 32.2. The third kappa shape index (κ3) is 2.95. The van der Waals surface area contributed by atoms with Gasteiger partial charge in [-0.3, -0.25) is 0 Å². The van der Waals surface area contributed by atoms with Crippen LogP contribution in [0.4, 0.5) is 4.39 Å². The molecule has 4 nitrogen and oxygen atoms in total. The first-order chi connectivity index (χ1) is 8.29. The lowest BCUT2D eigenvalue weighted by Gasteiger charge is -2.08. The van der Waals surface area contributed by atoms with Crippen LogP contribution < -0.4 is 0 Å². The normalized spacial score (nSPS) is 11.9. The van der Waals surface area contributed by atoms with E-state index in [1.165, 1.54) is 13.0 Å². The molecule has 0 bridgehead atoms. The smallest absolute Gasteiger partial charge is 0.335 e. The van der Waals surface area contributed by atoms with E-state index < -0.39 is 21.6 Å². The van der Waals surface area contributed by atoms with Crippen molar-refractivity contribution in [3.8, 4) is 0 Å². The molecule has 0 heterocycles. The highest BCUT2D eigenvalue weighted by Gasteiger charge is 2.20. The van der Waals surface area contributed by atoms with E-state index in [2.05, 4.69) is 0 Å². The fourth-order valence-corrected chi connectivity index (χ4v) is 2.91. The van der Waals surface area contributed by atoms with Gasteiger partial charge in [0.2, 0.25) is 0 Å². The van der Waals surface area contributed by atoms with E-state index in [-0.39, 0.29) is 21.8 Å². The molecule has 0 amide bonds. The quantitative estimate of drug-likeness (QED) is 0.853. The van der Waals surface area contributed by atoms with E-state index in [0.29, 0.717) is 0 Å². The molecule has 0 aromatic heterocycles.